The van der Waals surface area contributed by atoms with Crippen molar-refractivity contribution in [2.24, 2.45) is 11.3 Å². The van der Waals surface area contributed by atoms with Crippen molar-refractivity contribution in [2.45, 2.75) is 38.5 Å². The van der Waals surface area contributed by atoms with E-state index in [2.05, 4.69) is 5.32 Å². The summed E-state index contributed by atoms with van der Waals surface area (Å²) >= 11 is 0. The van der Waals surface area contributed by atoms with Crippen LogP contribution in [0.25, 0.3) is 0 Å². The van der Waals surface area contributed by atoms with E-state index in [1.807, 2.05) is 0 Å². The summed E-state index contributed by atoms with van der Waals surface area (Å²) in [5.41, 5.74) is 0.193. The summed E-state index contributed by atoms with van der Waals surface area (Å²) in [6.45, 7) is 1.11. The van der Waals surface area contributed by atoms with Gasteiger partial charge in [-0.3, -0.25) is 4.79 Å². The second kappa shape index (κ2) is 3.89. The Hall–Kier alpha value is -0.570. The van der Waals surface area contributed by atoms with Gasteiger partial charge in [-0.2, -0.15) is 0 Å². The van der Waals surface area contributed by atoms with Crippen molar-refractivity contribution < 1.29 is 9.90 Å². The molecule has 0 aromatic heterocycles. The van der Waals surface area contributed by atoms with Gasteiger partial charge in [0.05, 0.1) is 0 Å². The van der Waals surface area contributed by atoms with Gasteiger partial charge in [-0.1, -0.05) is 12.8 Å². The predicted molar refractivity (Wildman–Crippen MR) is 53.7 cm³/mol. The van der Waals surface area contributed by atoms with Gasteiger partial charge in [0.15, 0.2) is 0 Å². The Kier molecular flexibility index (Phi) is 2.77. The van der Waals surface area contributed by atoms with Crippen molar-refractivity contribution in [3.8, 4) is 0 Å². The van der Waals surface area contributed by atoms with E-state index in [0.717, 1.165) is 19.4 Å². The first-order valence-electron chi connectivity index (χ1n) is 5.64. The number of carbonyl (C=O) groups is 1. The van der Waals surface area contributed by atoms with Crippen molar-refractivity contribution in [2.75, 3.05) is 13.2 Å². The molecule has 1 saturated heterocycles. The molecule has 1 amide bonds. The smallest absolute Gasteiger partial charge is 0.220 e. The SMILES string of the molecule is O=C1CC2(CCCCC2CCO)CN1. The van der Waals surface area contributed by atoms with Gasteiger partial charge in [0.25, 0.3) is 0 Å². The molecule has 3 nitrogen and oxygen atoms in total. The maximum atomic E-state index is 11.3. The standard InChI is InChI=1S/C11H19NO2/c13-6-4-9-3-1-2-5-11(9)7-10(14)12-8-11/h9,13H,1-8H2,(H,12,14). The number of rotatable bonds is 2. The maximum Gasteiger partial charge on any atom is 0.220 e. The Morgan fingerprint density at radius 2 is 2.36 bits per heavy atom. The fraction of sp³-hybridized carbons (Fsp3) is 0.909. The van der Waals surface area contributed by atoms with Gasteiger partial charge in [0, 0.05) is 19.6 Å². The molecule has 2 rings (SSSR count). The quantitative estimate of drug-likeness (QED) is 0.695. The molecule has 1 spiro atoms. The molecule has 0 aromatic carbocycles. The highest BCUT2D eigenvalue weighted by Crippen LogP contribution is 2.47. The first kappa shape index (κ1) is 9.97. The van der Waals surface area contributed by atoms with Crippen molar-refractivity contribution in [1.29, 1.82) is 0 Å². The molecule has 1 saturated carbocycles. The predicted octanol–water partition coefficient (Wildman–Crippen LogP) is 1.07. The zero-order valence-electron chi connectivity index (χ0n) is 8.59. The minimum atomic E-state index is 0.193. The van der Waals surface area contributed by atoms with Gasteiger partial charge in [0.2, 0.25) is 5.91 Å². The minimum Gasteiger partial charge on any atom is -0.396 e. The first-order chi connectivity index (χ1) is 6.77. The van der Waals surface area contributed by atoms with E-state index in [1.165, 1.54) is 19.3 Å². The molecule has 14 heavy (non-hydrogen) atoms. The summed E-state index contributed by atoms with van der Waals surface area (Å²) in [4.78, 5) is 11.3. The lowest BCUT2D eigenvalue weighted by Crippen LogP contribution is -2.36. The fourth-order valence-corrected chi connectivity index (χ4v) is 3.17. The normalized spacial score (nSPS) is 37.5. The van der Waals surface area contributed by atoms with Crippen LogP contribution in [0.15, 0.2) is 0 Å². The van der Waals surface area contributed by atoms with Crippen LogP contribution < -0.4 is 5.32 Å². The van der Waals surface area contributed by atoms with Crippen LogP contribution in [0.5, 0.6) is 0 Å². The molecular weight excluding hydrogens is 178 g/mol. The second-order valence-electron chi connectivity index (χ2n) is 4.77. The molecule has 1 aliphatic heterocycles. The highest BCUT2D eigenvalue weighted by molar-refractivity contribution is 5.79. The number of amides is 1. The zero-order valence-corrected chi connectivity index (χ0v) is 8.59. The highest BCUT2D eigenvalue weighted by Gasteiger charge is 2.45. The third-order valence-electron chi connectivity index (χ3n) is 3.97. The summed E-state index contributed by atoms with van der Waals surface area (Å²) in [5, 5.41) is 12.0. The summed E-state index contributed by atoms with van der Waals surface area (Å²) in [6, 6.07) is 0. The average molecular weight is 197 g/mol. The minimum absolute atomic E-state index is 0.193. The lowest BCUT2D eigenvalue weighted by atomic mass is 9.64. The van der Waals surface area contributed by atoms with Gasteiger partial charge in [-0.25, -0.2) is 0 Å². The average Bonchev–Trinajstić information content (AvgIpc) is 2.53. The molecule has 2 N–H and O–H groups in total. The Balaban J connectivity index is 2.08. The molecule has 0 bridgehead atoms. The van der Waals surface area contributed by atoms with Crippen molar-refractivity contribution in [3.05, 3.63) is 0 Å². The Morgan fingerprint density at radius 3 is 3.00 bits per heavy atom. The molecule has 2 aliphatic rings. The molecule has 1 aliphatic carbocycles. The fourth-order valence-electron chi connectivity index (χ4n) is 3.17. The van der Waals surface area contributed by atoms with E-state index >= 15 is 0 Å². The maximum absolute atomic E-state index is 11.3. The molecule has 2 fully saturated rings. The summed E-state index contributed by atoms with van der Waals surface area (Å²) in [5.74, 6) is 0.759. The molecule has 1 heterocycles. The number of hydrogen-bond donors (Lipinski definition) is 2. The molecular formula is C11H19NO2. The largest absolute Gasteiger partial charge is 0.396 e. The van der Waals surface area contributed by atoms with Crippen molar-refractivity contribution in [1.82, 2.24) is 5.32 Å². The monoisotopic (exact) mass is 197 g/mol. The molecule has 0 radical (unpaired) electrons. The lowest BCUT2D eigenvalue weighted by molar-refractivity contribution is -0.120. The van der Waals surface area contributed by atoms with Gasteiger partial charge in [-0.05, 0) is 30.6 Å². The third-order valence-corrected chi connectivity index (χ3v) is 3.97. The van der Waals surface area contributed by atoms with Crippen LogP contribution in [0, 0.1) is 11.3 Å². The lowest BCUT2D eigenvalue weighted by Gasteiger charge is -2.40. The Labute approximate surface area is 84.9 Å². The van der Waals surface area contributed by atoms with Crippen LogP contribution in [0.3, 0.4) is 0 Å². The molecule has 2 unspecified atom stereocenters. The van der Waals surface area contributed by atoms with Gasteiger partial charge >= 0.3 is 0 Å². The summed E-state index contributed by atoms with van der Waals surface area (Å²) < 4.78 is 0. The second-order valence-corrected chi connectivity index (χ2v) is 4.77. The molecule has 80 valence electrons. The Bertz CT molecular complexity index is 227. The molecule has 2 atom stereocenters. The number of aliphatic hydroxyl groups is 1. The van der Waals surface area contributed by atoms with Crippen LogP contribution in [0.4, 0.5) is 0 Å². The van der Waals surface area contributed by atoms with Crippen LogP contribution in [0.2, 0.25) is 0 Å². The number of nitrogens with one attached hydrogen (secondary N) is 1. The zero-order chi connectivity index (χ0) is 10.0. The van der Waals surface area contributed by atoms with E-state index in [9.17, 15) is 4.79 Å². The third kappa shape index (κ3) is 1.65. The van der Waals surface area contributed by atoms with E-state index < -0.39 is 0 Å². The summed E-state index contributed by atoms with van der Waals surface area (Å²) in [6.07, 6.45) is 6.43. The van der Waals surface area contributed by atoms with Gasteiger partial charge < -0.3 is 10.4 Å². The number of aliphatic hydroxyl groups excluding tert-OH is 1. The van der Waals surface area contributed by atoms with E-state index in [1.54, 1.807) is 0 Å². The topological polar surface area (TPSA) is 49.3 Å². The van der Waals surface area contributed by atoms with Gasteiger partial charge in [-0.15, -0.1) is 0 Å². The van der Waals surface area contributed by atoms with E-state index in [-0.39, 0.29) is 17.9 Å². The van der Waals surface area contributed by atoms with Crippen molar-refractivity contribution in [3.63, 3.8) is 0 Å². The van der Waals surface area contributed by atoms with Crippen molar-refractivity contribution >= 4 is 5.91 Å². The van der Waals surface area contributed by atoms with Crippen LogP contribution >= 0.6 is 0 Å². The highest BCUT2D eigenvalue weighted by atomic mass is 16.3. The van der Waals surface area contributed by atoms with Gasteiger partial charge in [0.1, 0.15) is 0 Å². The summed E-state index contributed by atoms with van der Waals surface area (Å²) in [7, 11) is 0. The van der Waals surface area contributed by atoms with Crippen LogP contribution in [-0.2, 0) is 4.79 Å². The Morgan fingerprint density at radius 1 is 1.50 bits per heavy atom. The van der Waals surface area contributed by atoms with E-state index in [4.69, 9.17) is 5.11 Å². The van der Waals surface area contributed by atoms with E-state index in [0.29, 0.717) is 12.3 Å². The number of hydrogen-bond acceptors (Lipinski definition) is 2. The van der Waals surface area contributed by atoms with Crippen LogP contribution in [-0.4, -0.2) is 24.2 Å². The first-order valence-corrected chi connectivity index (χ1v) is 5.64. The molecule has 3 heteroatoms. The van der Waals surface area contributed by atoms with Crippen LogP contribution in [0.1, 0.15) is 38.5 Å². The molecule has 0 aromatic rings. The number of carbonyl (C=O) groups excluding carboxylic acids is 1.